The van der Waals surface area contributed by atoms with E-state index in [0.717, 1.165) is 0 Å². The monoisotopic (exact) mass is 380 g/mol. The van der Waals surface area contributed by atoms with Crippen LogP contribution < -0.4 is 10.0 Å². The maximum absolute atomic E-state index is 12.4. The maximum Gasteiger partial charge on any atom is 0.241 e. The minimum Gasteiger partial charge on any atom is -0.339 e. The molecule has 1 aromatic carbocycles. The van der Waals surface area contributed by atoms with Gasteiger partial charge >= 0.3 is 0 Å². The predicted molar refractivity (Wildman–Crippen MR) is 92.8 cm³/mol. The number of hydrogen-bond acceptors (Lipinski definition) is 5. The van der Waals surface area contributed by atoms with E-state index in [0.29, 0.717) is 37.4 Å². The fourth-order valence-corrected chi connectivity index (χ4v) is 4.02. The zero-order valence-corrected chi connectivity index (χ0v) is 15.1. The van der Waals surface area contributed by atoms with Crippen LogP contribution in [-0.2, 0) is 30.8 Å². The van der Waals surface area contributed by atoms with Crippen molar-refractivity contribution in [3.05, 3.63) is 23.8 Å². The zero-order chi connectivity index (χ0) is 18.9. The van der Waals surface area contributed by atoms with E-state index in [1.165, 1.54) is 30.0 Å². The van der Waals surface area contributed by atoms with E-state index in [1.54, 1.807) is 4.90 Å². The Labute approximate surface area is 151 Å². The molecule has 2 heterocycles. The number of nitrogens with zero attached hydrogens (tertiary/aromatic N) is 2. The minimum atomic E-state index is -3.86. The average molecular weight is 380 g/mol. The number of sulfonamides is 1. The third kappa shape index (κ3) is 3.86. The van der Waals surface area contributed by atoms with Crippen molar-refractivity contribution in [3.63, 3.8) is 0 Å². The number of fused-ring (bicyclic) bond motifs is 1. The molecule has 1 fully saturated rings. The number of amides is 3. The molecule has 3 amide bonds. The molecule has 140 valence electrons. The molecule has 9 nitrogen and oxygen atoms in total. The highest BCUT2D eigenvalue weighted by molar-refractivity contribution is 7.89. The Morgan fingerprint density at radius 2 is 1.81 bits per heavy atom. The van der Waals surface area contributed by atoms with Gasteiger partial charge in [0.25, 0.3) is 0 Å². The first-order chi connectivity index (χ1) is 12.3. The number of rotatable bonds is 4. The fourth-order valence-electron chi connectivity index (χ4n) is 3.00. The Morgan fingerprint density at radius 1 is 1.15 bits per heavy atom. The lowest BCUT2D eigenvalue weighted by Gasteiger charge is -2.34. The van der Waals surface area contributed by atoms with E-state index in [1.807, 2.05) is 0 Å². The van der Waals surface area contributed by atoms with Crippen LogP contribution in [0.3, 0.4) is 0 Å². The molecule has 0 spiro atoms. The van der Waals surface area contributed by atoms with Gasteiger partial charge in [-0.3, -0.25) is 14.4 Å². The van der Waals surface area contributed by atoms with Gasteiger partial charge in [-0.25, -0.2) is 13.1 Å². The van der Waals surface area contributed by atoms with Crippen molar-refractivity contribution in [2.45, 2.75) is 18.2 Å². The van der Waals surface area contributed by atoms with Crippen molar-refractivity contribution in [1.29, 1.82) is 0 Å². The van der Waals surface area contributed by atoms with Crippen LogP contribution in [-0.4, -0.2) is 68.7 Å². The summed E-state index contributed by atoms with van der Waals surface area (Å²) < 4.78 is 27.1. The molecule has 2 N–H and O–H groups in total. The second-order valence-corrected chi connectivity index (χ2v) is 8.02. The van der Waals surface area contributed by atoms with Crippen LogP contribution in [0.25, 0.3) is 0 Å². The molecule has 10 heteroatoms. The van der Waals surface area contributed by atoms with Gasteiger partial charge in [0, 0.05) is 38.8 Å². The summed E-state index contributed by atoms with van der Waals surface area (Å²) in [6, 6.07) is 4.37. The first kappa shape index (κ1) is 18.3. The van der Waals surface area contributed by atoms with Crippen LogP contribution >= 0.6 is 0 Å². The molecule has 3 rings (SSSR count). The summed E-state index contributed by atoms with van der Waals surface area (Å²) in [6.07, 6.45) is 0.137. The van der Waals surface area contributed by atoms with E-state index in [9.17, 15) is 22.8 Å². The van der Waals surface area contributed by atoms with E-state index in [2.05, 4.69) is 10.0 Å². The minimum absolute atomic E-state index is 0.0157. The third-order valence-corrected chi connectivity index (χ3v) is 5.90. The van der Waals surface area contributed by atoms with Gasteiger partial charge in [0.15, 0.2) is 0 Å². The van der Waals surface area contributed by atoms with Crippen LogP contribution in [0, 0.1) is 0 Å². The van der Waals surface area contributed by atoms with Crippen molar-refractivity contribution < 1.29 is 22.8 Å². The fraction of sp³-hybridized carbons (Fsp3) is 0.438. The highest BCUT2D eigenvalue weighted by atomic mass is 32.2. The predicted octanol–water partition coefficient (Wildman–Crippen LogP) is -0.850. The topological polar surface area (TPSA) is 116 Å². The van der Waals surface area contributed by atoms with Crippen LogP contribution in [0.1, 0.15) is 12.5 Å². The molecular formula is C16H20N4O5S. The zero-order valence-electron chi connectivity index (χ0n) is 14.3. The number of benzene rings is 1. The molecule has 2 aliphatic rings. The molecular weight excluding hydrogens is 360 g/mol. The highest BCUT2D eigenvalue weighted by Gasteiger charge is 2.25. The summed E-state index contributed by atoms with van der Waals surface area (Å²) in [5, 5.41) is 2.64. The SMILES string of the molecule is CC(=O)N1CCN(C(=O)CNS(=O)(=O)c2ccc3c(c2)CC(=O)N3)CC1. The van der Waals surface area contributed by atoms with Gasteiger partial charge in [-0.2, -0.15) is 0 Å². The number of nitrogens with one attached hydrogen (secondary N) is 2. The normalized spacial score (nSPS) is 17.0. The number of hydrogen-bond donors (Lipinski definition) is 2. The summed E-state index contributed by atoms with van der Waals surface area (Å²) in [4.78, 5) is 38.1. The van der Waals surface area contributed by atoms with Gasteiger partial charge in [0.1, 0.15) is 0 Å². The first-order valence-electron chi connectivity index (χ1n) is 8.22. The Morgan fingerprint density at radius 3 is 2.46 bits per heavy atom. The Bertz CT molecular complexity index is 859. The molecule has 0 unspecified atom stereocenters. The van der Waals surface area contributed by atoms with Crippen molar-refractivity contribution >= 4 is 33.4 Å². The highest BCUT2D eigenvalue weighted by Crippen LogP contribution is 2.25. The number of piperazine rings is 1. The average Bonchev–Trinajstić information content (AvgIpc) is 2.99. The quantitative estimate of drug-likeness (QED) is 0.706. The van der Waals surface area contributed by atoms with Gasteiger partial charge < -0.3 is 15.1 Å². The first-order valence-corrected chi connectivity index (χ1v) is 9.70. The Kier molecular flexibility index (Phi) is 4.97. The molecule has 0 atom stereocenters. The number of carbonyl (C=O) groups is 3. The number of carbonyl (C=O) groups excluding carboxylic acids is 3. The smallest absolute Gasteiger partial charge is 0.241 e. The van der Waals surface area contributed by atoms with Crippen molar-refractivity contribution in [2.75, 3.05) is 38.0 Å². The Balaban J connectivity index is 1.59. The summed E-state index contributed by atoms with van der Waals surface area (Å²) in [7, 11) is -3.86. The lowest BCUT2D eigenvalue weighted by molar-refractivity contribution is -0.137. The van der Waals surface area contributed by atoms with E-state index < -0.39 is 10.0 Å². The summed E-state index contributed by atoms with van der Waals surface area (Å²) in [6.45, 7) is 2.78. The molecule has 0 aromatic heterocycles. The molecule has 2 aliphatic heterocycles. The van der Waals surface area contributed by atoms with Crippen molar-refractivity contribution in [2.24, 2.45) is 0 Å². The summed E-state index contributed by atoms with van der Waals surface area (Å²) in [5.41, 5.74) is 1.22. The van der Waals surface area contributed by atoms with Crippen molar-refractivity contribution in [3.8, 4) is 0 Å². The van der Waals surface area contributed by atoms with E-state index in [-0.39, 0.29) is 35.6 Å². The van der Waals surface area contributed by atoms with Crippen LogP contribution in [0.2, 0.25) is 0 Å². The molecule has 0 radical (unpaired) electrons. The third-order valence-electron chi connectivity index (χ3n) is 4.50. The molecule has 26 heavy (non-hydrogen) atoms. The summed E-state index contributed by atoms with van der Waals surface area (Å²) in [5.74, 6) is -0.556. The lowest BCUT2D eigenvalue weighted by Crippen LogP contribution is -2.52. The van der Waals surface area contributed by atoms with Crippen molar-refractivity contribution in [1.82, 2.24) is 14.5 Å². The van der Waals surface area contributed by atoms with E-state index in [4.69, 9.17) is 0 Å². The summed E-state index contributed by atoms with van der Waals surface area (Å²) >= 11 is 0. The van der Waals surface area contributed by atoms with Gasteiger partial charge in [-0.15, -0.1) is 0 Å². The van der Waals surface area contributed by atoms with Gasteiger partial charge in [-0.1, -0.05) is 0 Å². The molecule has 1 saturated heterocycles. The molecule has 0 aliphatic carbocycles. The molecule has 0 saturated carbocycles. The van der Waals surface area contributed by atoms with Crippen LogP contribution in [0.4, 0.5) is 5.69 Å². The standard InChI is InChI=1S/C16H20N4O5S/c1-11(21)19-4-6-20(7-5-19)16(23)10-17-26(24,25)13-2-3-14-12(8-13)9-15(22)18-14/h2-3,8,17H,4-7,9-10H2,1H3,(H,18,22). The van der Waals surface area contributed by atoms with Gasteiger partial charge in [0.05, 0.1) is 17.9 Å². The maximum atomic E-state index is 12.4. The Hall–Kier alpha value is -2.46. The van der Waals surface area contributed by atoms with Crippen LogP contribution in [0.15, 0.2) is 23.1 Å². The second kappa shape index (κ2) is 7.04. The van der Waals surface area contributed by atoms with Gasteiger partial charge in [-0.05, 0) is 23.8 Å². The number of anilines is 1. The lowest BCUT2D eigenvalue weighted by atomic mass is 10.2. The van der Waals surface area contributed by atoms with Gasteiger partial charge in [0.2, 0.25) is 27.7 Å². The van der Waals surface area contributed by atoms with E-state index >= 15 is 0 Å². The second-order valence-electron chi connectivity index (χ2n) is 6.26. The largest absolute Gasteiger partial charge is 0.339 e. The molecule has 0 bridgehead atoms. The molecule has 1 aromatic rings. The van der Waals surface area contributed by atoms with Crippen LogP contribution in [0.5, 0.6) is 0 Å².